The van der Waals surface area contributed by atoms with Crippen molar-refractivity contribution in [1.29, 1.82) is 0 Å². The van der Waals surface area contributed by atoms with Crippen LogP contribution in [0.1, 0.15) is 34.0 Å². The van der Waals surface area contributed by atoms with Gasteiger partial charge >= 0.3 is 6.18 Å². The number of alkyl halides is 3. The molecule has 5 rings (SSSR count). The van der Waals surface area contributed by atoms with E-state index in [2.05, 4.69) is 4.98 Å². The highest BCUT2D eigenvalue weighted by molar-refractivity contribution is 6.10. The van der Waals surface area contributed by atoms with Gasteiger partial charge in [-0.1, -0.05) is 42.5 Å². The SMILES string of the molecule is C/C=C/C(=O)COc1ccc(CC(=O)c2cccc3c(Oc4ccnc5cc(C)c(OC)cc45)cccc23)cc1C(F)(F)F. The van der Waals surface area contributed by atoms with Crippen LogP contribution in [0.5, 0.6) is 23.0 Å². The fourth-order valence-corrected chi connectivity index (χ4v) is 4.99. The van der Waals surface area contributed by atoms with Gasteiger partial charge in [0.15, 0.2) is 18.2 Å². The molecule has 1 aromatic heterocycles. The van der Waals surface area contributed by atoms with Crippen molar-refractivity contribution >= 4 is 33.2 Å². The number of fused-ring (bicyclic) bond motifs is 2. The molecule has 1 heterocycles. The van der Waals surface area contributed by atoms with Gasteiger partial charge in [-0.15, -0.1) is 0 Å². The van der Waals surface area contributed by atoms with E-state index in [1.54, 1.807) is 56.6 Å². The number of pyridine rings is 1. The van der Waals surface area contributed by atoms with Crippen molar-refractivity contribution in [2.45, 2.75) is 26.4 Å². The number of benzene rings is 4. The van der Waals surface area contributed by atoms with Crippen molar-refractivity contribution in [3.8, 4) is 23.0 Å². The molecular formula is C35H28F3NO5. The Kier molecular flexibility index (Phi) is 8.66. The van der Waals surface area contributed by atoms with Crippen molar-refractivity contribution in [1.82, 2.24) is 4.98 Å². The monoisotopic (exact) mass is 599 g/mol. The van der Waals surface area contributed by atoms with Crippen LogP contribution in [0.3, 0.4) is 0 Å². The van der Waals surface area contributed by atoms with E-state index in [0.717, 1.165) is 28.6 Å². The lowest BCUT2D eigenvalue weighted by Gasteiger charge is -2.15. The lowest BCUT2D eigenvalue weighted by atomic mass is 9.96. The van der Waals surface area contributed by atoms with E-state index in [4.69, 9.17) is 14.2 Å². The number of hydrogen-bond donors (Lipinski definition) is 0. The largest absolute Gasteiger partial charge is 0.496 e. The lowest BCUT2D eigenvalue weighted by Crippen LogP contribution is -2.14. The molecule has 0 radical (unpaired) electrons. The smallest absolute Gasteiger partial charge is 0.419 e. The number of aromatic nitrogens is 1. The quantitative estimate of drug-likeness (QED) is 0.118. The molecule has 9 heteroatoms. The van der Waals surface area contributed by atoms with Crippen molar-refractivity contribution in [3.05, 3.63) is 113 Å². The number of ether oxygens (including phenoxy) is 3. The molecule has 0 saturated heterocycles. The van der Waals surface area contributed by atoms with Gasteiger partial charge < -0.3 is 14.2 Å². The molecule has 224 valence electrons. The predicted octanol–water partition coefficient (Wildman–Crippen LogP) is 8.47. The summed E-state index contributed by atoms with van der Waals surface area (Å²) in [4.78, 5) is 29.6. The first-order chi connectivity index (χ1) is 21.1. The van der Waals surface area contributed by atoms with Crippen molar-refractivity contribution in [3.63, 3.8) is 0 Å². The van der Waals surface area contributed by atoms with Gasteiger partial charge in [-0.3, -0.25) is 14.6 Å². The van der Waals surface area contributed by atoms with Gasteiger partial charge in [-0.25, -0.2) is 0 Å². The second-order valence-electron chi connectivity index (χ2n) is 10.1. The zero-order valence-electron chi connectivity index (χ0n) is 24.2. The van der Waals surface area contributed by atoms with Gasteiger partial charge in [0.05, 0.1) is 18.2 Å². The second kappa shape index (κ2) is 12.6. The standard InChI is InChI=1S/C35H28F3NO5/c1-4-7-23(40)20-43-33-13-12-22(17-28(33)35(36,37)38)18-30(41)25-9-5-10-26-24(25)8-6-11-31(26)44-32-14-15-39-29-16-21(2)34(42-3)19-27(29)32/h4-17,19H,18,20H2,1-3H3/b7-4+. The van der Waals surface area contributed by atoms with Crippen LogP contribution in [0.2, 0.25) is 0 Å². The van der Waals surface area contributed by atoms with Crippen LogP contribution in [0.4, 0.5) is 13.2 Å². The second-order valence-corrected chi connectivity index (χ2v) is 10.1. The molecule has 0 aliphatic heterocycles. The van der Waals surface area contributed by atoms with Crippen LogP contribution in [-0.2, 0) is 17.4 Å². The molecule has 0 bridgehead atoms. The van der Waals surface area contributed by atoms with Gasteiger partial charge in [-0.2, -0.15) is 13.2 Å². The Labute approximate surface area is 251 Å². The molecule has 0 fully saturated rings. The third-order valence-corrected chi connectivity index (χ3v) is 7.06. The molecule has 0 N–H and O–H groups in total. The van der Waals surface area contributed by atoms with Gasteiger partial charge in [0.2, 0.25) is 0 Å². The molecule has 0 saturated carbocycles. The number of carbonyl (C=O) groups is 2. The number of ketones is 2. The summed E-state index contributed by atoms with van der Waals surface area (Å²) < 4.78 is 58.6. The average Bonchev–Trinajstić information content (AvgIpc) is 2.99. The average molecular weight is 600 g/mol. The summed E-state index contributed by atoms with van der Waals surface area (Å²) >= 11 is 0. The molecule has 0 atom stereocenters. The first-order valence-electron chi connectivity index (χ1n) is 13.7. The number of aryl methyl sites for hydroxylation is 1. The number of hydrogen-bond acceptors (Lipinski definition) is 6. The number of allylic oxidation sites excluding steroid dienone is 1. The summed E-state index contributed by atoms with van der Waals surface area (Å²) in [5.41, 5.74) is 1.11. The highest BCUT2D eigenvalue weighted by Gasteiger charge is 2.35. The van der Waals surface area contributed by atoms with Crippen molar-refractivity contribution in [2.24, 2.45) is 0 Å². The van der Waals surface area contributed by atoms with E-state index in [9.17, 15) is 22.8 Å². The Balaban J connectivity index is 1.45. The minimum atomic E-state index is -4.75. The van der Waals surface area contributed by atoms with Crippen molar-refractivity contribution in [2.75, 3.05) is 13.7 Å². The molecule has 0 spiro atoms. The normalized spacial score (nSPS) is 11.7. The third-order valence-electron chi connectivity index (χ3n) is 7.06. The van der Waals surface area contributed by atoms with Crippen LogP contribution in [-0.4, -0.2) is 30.3 Å². The molecule has 0 amide bonds. The van der Waals surface area contributed by atoms with Crippen LogP contribution < -0.4 is 14.2 Å². The molecule has 6 nitrogen and oxygen atoms in total. The molecule has 44 heavy (non-hydrogen) atoms. The van der Waals surface area contributed by atoms with Gasteiger partial charge in [-0.05, 0) is 72.8 Å². The van der Waals surface area contributed by atoms with Crippen LogP contribution in [0.15, 0.2) is 91.1 Å². The van der Waals surface area contributed by atoms with E-state index >= 15 is 0 Å². The van der Waals surface area contributed by atoms with Crippen molar-refractivity contribution < 1.29 is 37.0 Å². The minimum absolute atomic E-state index is 0.159. The lowest BCUT2D eigenvalue weighted by molar-refractivity contribution is -0.139. The Morgan fingerprint density at radius 2 is 1.61 bits per heavy atom. The fraction of sp³-hybridized carbons (Fsp3) is 0.171. The molecule has 4 aromatic carbocycles. The number of methoxy groups -OCH3 is 1. The summed E-state index contributed by atoms with van der Waals surface area (Å²) in [6.45, 7) is 3.02. The van der Waals surface area contributed by atoms with Gasteiger partial charge in [0, 0.05) is 29.0 Å². The number of halogens is 3. The summed E-state index contributed by atoms with van der Waals surface area (Å²) in [6.07, 6.45) is -0.678. The Hall–Kier alpha value is -5.18. The van der Waals surface area contributed by atoms with Crippen LogP contribution in [0, 0.1) is 6.92 Å². The summed E-state index contributed by atoms with van der Waals surface area (Å²) in [6, 6.07) is 19.4. The minimum Gasteiger partial charge on any atom is -0.496 e. The fourth-order valence-electron chi connectivity index (χ4n) is 4.99. The topological polar surface area (TPSA) is 74.7 Å². The summed E-state index contributed by atoms with van der Waals surface area (Å²) in [5, 5.41) is 2.01. The van der Waals surface area contributed by atoms with E-state index in [1.165, 1.54) is 18.2 Å². The van der Waals surface area contributed by atoms with Gasteiger partial charge in [0.25, 0.3) is 0 Å². The first kappa shape index (κ1) is 30.3. The van der Waals surface area contributed by atoms with E-state index in [1.807, 2.05) is 25.1 Å². The number of nitrogens with zero attached hydrogens (tertiary/aromatic N) is 1. The third kappa shape index (κ3) is 6.41. The highest BCUT2D eigenvalue weighted by Crippen LogP contribution is 2.39. The maximum atomic E-state index is 13.9. The zero-order valence-corrected chi connectivity index (χ0v) is 24.2. The Bertz CT molecular complexity index is 1910. The number of Topliss-reactive ketones (excluding diaryl/α,β-unsaturated/α-hetero) is 1. The maximum Gasteiger partial charge on any atom is 0.419 e. The molecular weight excluding hydrogens is 571 g/mol. The number of rotatable bonds is 10. The van der Waals surface area contributed by atoms with Gasteiger partial charge in [0.1, 0.15) is 23.0 Å². The summed E-state index contributed by atoms with van der Waals surface area (Å²) in [5.74, 6) is 0.425. The predicted molar refractivity (Wildman–Crippen MR) is 162 cm³/mol. The van der Waals surface area contributed by atoms with E-state index < -0.39 is 29.9 Å². The molecule has 0 aliphatic rings. The number of carbonyl (C=O) groups excluding carboxylic acids is 2. The van der Waals surface area contributed by atoms with E-state index in [-0.39, 0.29) is 17.8 Å². The maximum absolute atomic E-state index is 13.9. The molecule has 5 aromatic rings. The summed E-state index contributed by atoms with van der Waals surface area (Å²) in [7, 11) is 1.59. The Morgan fingerprint density at radius 3 is 2.36 bits per heavy atom. The molecule has 0 unspecified atom stereocenters. The van der Waals surface area contributed by atoms with Crippen LogP contribution in [0.25, 0.3) is 21.7 Å². The highest BCUT2D eigenvalue weighted by atomic mass is 19.4. The van der Waals surface area contributed by atoms with Crippen LogP contribution >= 0.6 is 0 Å². The Morgan fingerprint density at radius 1 is 0.864 bits per heavy atom. The first-order valence-corrected chi connectivity index (χ1v) is 13.7. The zero-order chi connectivity index (χ0) is 31.4. The van der Waals surface area contributed by atoms with E-state index in [0.29, 0.717) is 33.6 Å². The molecule has 0 aliphatic carbocycles.